The normalized spacial score (nSPS) is 15.6. The molecule has 36 heavy (non-hydrogen) atoms. The zero-order valence-electron chi connectivity index (χ0n) is 20.2. The van der Waals surface area contributed by atoms with Gasteiger partial charge in [0.05, 0.1) is 21.7 Å². The number of piperidine rings is 1. The van der Waals surface area contributed by atoms with Crippen LogP contribution in [0.4, 0.5) is 0 Å². The molecule has 0 bridgehead atoms. The van der Waals surface area contributed by atoms with Crippen molar-refractivity contribution in [1.29, 1.82) is 0 Å². The summed E-state index contributed by atoms with van der Waals surface area (Å²) in [4.78, 5) is 18.4. The van der Waals surface area contributed by atoms with Crippen molar-refractivity contribution in [2.75, 3.05) is 26.3 Å². The van der Waals surface area contributed by atoms with Crippen LogP contribution in [0.3, 0.4) is 0 Å². The molecule has 1 fully saturated rings. The van der Waals surface area contributed by atoms with Gasteiger partial charge in [-0.25, -0.2) is 8.42 Å². The van der Waals surface area contributed by atoms with E-state index in [9.17, 15) is 13.2 Å². The number of hydrogen-bond donors (Lipinski definition) is 0. The summed E-state index contributed by atoms with van der Waals surface area (Å²) >= 11 is 1.48. The van der Waals surface area contributed by atoms with Gasteiger partial charge in [-0.2, -0.15) is 9.30 Å². The minimum atomic E-state index is -3.55. The van der Waals surface area contributed by atoms with Crippen LogP contribution in [0.2, 0.25) is 0 Å². The van der Waals surface area contributed by atoms with Crippen molar-refractivity contribution in [2.24, 2.45) is 4.99 Å². The number of aromatic nitrogens is 1. The molecule has 1 saturated heterocycles. The molecule has 1 aliphatic heterocycles. The molecule has 1 aromatic heterocycles. The fourth-order valence-corrected chi connectivity index (χ4v) is 7.28. The van der Waals surface area contributed by atoms with Gasteiger partial charge in [0.25, 0.3) is 5.91 Å². The third-order valence-electron chi connectivity index (χ3n) is 6.49. The zero-order valence-corrected chi connectivity index (χ0v) is 21.9. The first-order valence-electron chi connectivity index (χ1n) is 12.3. The highest BCUT2D eigenvalue weighted by atomic mass is 32.2. The summed E-state index contributed by atoms with van der Waals surface area (Å²) in [6, 6.07) is 18.4. The smallest absolute Gasteiger partial charge is 0.279 e. The van der Waals surface area contributed by atoms with Gasteiger partial charge in [0, 0.05) is 37.2 Å². The second kappa shape index (κ2) is 10.6. The van der Waals surface area contributed by atoms with E-state index in [1.54, 1.807) is 12.1 Å². The van der Waals surface area contributed by atoms with Crippen LogP contribution in [0.5, 0.6) is 0 Å². The molecule has 5 rings (SSSR count). The molecule has 0 aliphatic carbocycles. The molecule has 1 amide bonds. The number of amides is 1. The van der Waals surface area contributed by atoms with Crippen LogP contribution in [0, 0.1) is 0 Å². The molecule has 7 nitrogen and oxygen atoms in total. The van der Waals surface area contributed by atoms with Gasteiger partial charge in [-0.1, -0.05) is 48.1 Å². The average Bonchev–Trinajstić information content (AvgIpc) is 3.26. The minimum absolute atomic E-state index is 0.209. The Bertz CT molecular complexity index is 1560. The lowest BCUT2D eigenvalue weighted by molar-refractivity contribution is 0.0996. The molecule has 0 saturated carbocycles. The Labute approximate surface area is 214 Å². The molecule has 2 heterocycles. The van der Waals surface area contributed by atoms with E-state index in [-0.39, 0.29) is 4.90 Å². The van der Waals surface area contributed by atoms with Crippen LogP contribution in [0.1, 0.15) is 36.5 Å². The van der Waals surface area contributed by atoms with Crippen molar-refractivity contribution < 1.29 is 17.9 Å². The van der Waals surface area contributed by atoms with Crippen molar-refractivity contribution in [3.8, 4) is 0 Å². The molecule has 4 aromatic rings. The molecule has 9 heteroatoms. The number of carbonyl (C=O) groups is 1. The summed E-state index contributed by atoms with van der Waals surface area (Å²) < 4.78 is 36.1. The van der Waals surface area contributed by atoms with E-state index >= 15 is 0 Å². The van der Waals surface area contributed by atoms with E-state index in [0.29, 0.717) is 43.2 Å². The molecular weight excluding hydrogens is 494 g/mol. The number of benzene rings is 3. The zero-order chi connectivity index (χ0) is 25.1. The lowest BCUT2D eigenvalue weighted by atomic mass is 10.1. The Balaban J connectivity index is 1.50. The van der Waals surface area contributed by atoms with Crippen LogP contribution in [0.25, 0.3) is 21.0 Å². The van der Waals surface area contributed by atoms with Crippen molar-refractivity contribution in [3.05, 3.63) is 71.0 Å². The van der Waals surface area contributed by atoms with Crippen molar-refractivity contribution in [2.45, 2.75) is 37.6 Å². The molecule has 3 aromatic carbocycles. The minimum Gasteiger partial charge on any atom is -0.380 e. The molecule has 0 spiro atoms. The molecule has 0 radical (unpaired) electrons. The Morgan fingerprint density at radius 3 is 2.50 bits per heavy atom. The van der Waals surface area contributed by atoms with Gasteiger partial charge >= 0.3 is 0 Å². The number of sulfonamides is 1. The van der Waals surface area contributed by atoms with Gasteiger partial charge in [0.2, 0.25) is 10.0 Å². The van der Waals surface area contributed by atoms with Crippen molar-refractivity contribution in [1.82, 2.24) is 8.87 Å². The number of fused-ring (bicyclic) bond motifs is 3. The predicted molar refractivity (Wildman–Crippen MR) is 143 cm³/mol. The van der Waals surface area contributed by atoms with E-state index in [1.807, 2.05) is 23.6 Å². The predicted octanol–water partition coefficient (Wildman–Crippen LogP) is 4.81. The molecule has 1 aliphatic rings. The van der Waals surface area contributed by atoms with Crippen molar-refractivity contribution in [3.63, 3.8) is 0 Å². The topological polar surface area (TPSA) is 81.0 Å². The first-order chi connectivity index (χ1) is 17.5. The summed E-state index contributed by atoms with van der Waals surface area (Å²) in [5, 5.41) is 2.25. The number of thiazole rings is 1. The number of ether oxygens (including phenoxy) is 1. The molecule has 0 N–H and O–H groups in total. The van der Waals surface area contributed by atoms with Crippen LogP contribution < -0.4 is 4.80 Å². The standard InChI is InChI=1S/C27H29N3O4S2/c1-2-34-19-18-30-24-15-12-20-8-4-5-9-23(20)25(24)35-27(30)28-26(31)21-10-13-22(14-11-21)36(32,33)29-16-6-3-7-17-29/h4-5,8-15H,2-3,6-7,16-19H2,1H3. The Morgan fingerprint density at radius 1 is 1.00 bits per heavy atom. The van der Waals surface area contributed by atoms with Gasteiger partial charge in [-0.15, -0.1) is 0 Å². The number of nitrogens with zero attached hydrogens (tertiary/aromatic N) is 3. The molecule has 0 atom stereocenters. The third-order valence-corrected chi connectivity index (χ3v) is 9.53. The second-order valence-electron chi connectivity index (χ2n) is 8.77. The van der Waals surface area contributed by atoms with Gasteiger partial charge in [0.15, 0.2) is 4.80 Å². The summed E-state index contributed by atoms with van der Waals surface area (Å²) in [7, 11) is -3.55. The van der Waals surface area contributed by atoms with E-state index in [1.165, 1.54) is 27.8 Å². The summed E-state index contributed by atoms with van der Waals surface area (Å²) in [5.74, 6) is -0.405. The van der Waals surface area contributed by atoms with Gasteiger partial charge in [-0.05, 0) is 55.5 Å². The fraction of sp³-hybridized carbons (Fsp3) is 0.333. The lowest BCUT2D eigenvalue weighted by Crippen LogP contribution is -2.35. The number of carbonyl (C=O) groups excluding carboxylic acids is 1. The number of hydrogen-bond acceptors (Lipinski definition) is 5. The van der Waals surface area contributed by atoms with Gasteiger partial charge in [-0.3, -0.25) is 4.79 Å². The monoisotopic (exact) mass is 523 g/mol. The first kappa shape index (κ1) is 24.8. The quantitative estimate of drug-likeness (QED) is 0.326. The SMILES string of the molecule is CCOCCn1c(=NC(=O)c2ccc(S(=O)(=O)N3CCCCC3)cc2)sc2c3ccccc3ccc21. The first-order valence-corrected chi connectivity index (χ1v) is 14.5. The summed E-state index contributed by atoms with van der Waals surface area (Å²) in [5.41, 5.74) is 1.36. The molecule has 188 valence electrons. The van der Waals surface area contributed by atoms with Crippen LogP contribution in [-0.2, 0) is 21.3 Å². The average molecular weight is 524 g/mol. The highest BCUT2D eigenvalue weighted by Gasteiger charge is 2.26. The van der Waals surface area contributed by atoms with Crippen molar-refractivity contribution >= 4 is 48.3 Å². The Hall–Kier alpha value is -2.85. The third kappa shape index (κ3) is 4.88. The maximum Gasteiger partial charge on any atom is 0.279 e. The van der Waals surface area contributed by atoms with Gasteiger partial charge < -0.3 is 9.30 Å². The van der Waals surface area contributed by atoms with E-state index in [0.717, 1.165) is 40.3 Å². The Kier molecular flexibility index (Phi) is 7.34. The highest BCUT2D eigenvalue weighted by Crippen LogP contribution is 2.28. The fourth-order valence-electron chi connectivity index (χ4n) is 4.58. The summed E-state index contributed by atoms with van der Waals surface area (Å²) in [6.07, 6.45) is 2.81. The summed E-state index contributed by atoms with van der Waals surface area (Å²) in [6.45, 7) is 4.74. The van der Waals surface area contributed by atoms with E-state index < -0.39 is 15.9 Å². The largest absolute Gasteiger partial charge is 0.380 e. The van der Waals surface area contributed by atoms with Crippen LogP contribution >= 0.6 is 11.3 Å². The lowest BCUT2D eigenvalue weighted by Gasteiger charge is -2.25. The van der Waals surface area contributed by atoms with E-state index in [4.69, 9.17) is 4.74 Å². The number of rotatable bonds is 7. The Morgan fingerprint density at radius 2 is 1.75 bits per heavy atom. The molecular formula is C27H29N3O4S2. The molecule has 0 unspecified atom stereocenters. The van der Waals surface area contributed by atoms with E-state index in [2.05, 4.69) is 29.3 Å². The van der Waals surface area contributed by atoms with Crippen LogP contribution in [0.15, 0.2) is 70.6 Å². The highest BCUT2D eigenvalue weighted by molar-refractivity contribution is 7.89. The maximum absolute atomic E-state index is 13.1. The second-order valence-corrected chi connectivity index (χ2v) is 11.7. The van der Waals surface area contributed by atoms with Crippen LogP contribution in [-0.4, -0.2) is 49.5 Å². The van der Waals surface area contributed by atoms with Gasteiger partial charge in [0.1, 0.15) is 0 Å². The maximum atomic E-state index is 13.1.